The lowest BCUT2D eigenvalue weighted by atomic mass is 10.2. The lowest BCUT2D eigenvalue weighted by Crippen LogP contribution is -2.26. The van der Waals surface area contributed by atoms with E-state index in [0.29, 0.717) is 11.4 Å². The van der Waals surface area contributed by atoms with Crippen molar-refractivity contribution in [1.29, 1.82) is 0 Å². The summed E-state index contributed by atoms with van der Waals surface area (Å²) in [5.74, 6) is 0.182. The van der Waals surface area contributed by atoms with Gasteiger partial charge in [-0.3, -0.25) is 9.48 Å². The maximum atomic E-state index is 12.0. The largest absolute Gasteiger partial charge is 0.383 e. The Labute approximate surface area is 110 Å². The fourth-order valence-electron chi connectivity index (χ4n) is 1.65. The van der Waals surface area contributed by atoms with E-state index in [9.17, 15) is 4.79 Å². The summed E-state index contributed by atoms with van der Waals surface area (Å²) in [5.41, 5.74) is 6.18. The number of carbonyl (C=O) groups excluding carboxylic acids is 1. The molecule has 2 rings (SSSR count). The summed E-state index contributed by atoms with van der Waals surface area (Å²) in [4.78, 5) is 14.4. The minimum atomic E-state index is -0.195. The SMILES string of the molecule is Cc1ccc(C(C)NC(=O)c2cnn(C)c2N)s1. The minimum absolute atomic E-state index is 0.0317. The van der Waals surface area contributed by atoms with Crippen LogP contribution in [0.1, 0.15) is 33.1 Å². The molecule has 3 N–H and O–H groups in total. The Morgan fingerprint density at radius 1 is 1.56 bits per heavy atom. The Balaban J connectivity index is 2.10. The van der Waals surface area contributed by atoms with Gasteiger partial charge in [0.25, 0.3) is 5.91 Å². The first-order valence-corrected chi connectivity index (χ1v) is 6.45. The fraction of sp³-hybridized carbons (Fsp3) is 0.333. The van der Waals surface area contributed by atoms with Crippen molar-refractivity contribution < 1.29 is 4.79 Å². The van der Waals surface area contributed by atoms with Gasteiger partial charge < -0.3 is 11.1 Å². The van der Waals surface area contributed by atoms with Crippen LogP contribution in [0, 0.1) is 6.92 Å². The first kappa shape index (κ1) is 12.6. The van der Waals surface area contributed by atoms with Gasteiger partial charge in [0.05, 0.1) is 12.2 Å². The second kappa shape index (κ2) is 4.81. The summed E-state index contributed by atoms with van der Waals surface area (Å²) in [6.07, 6.45) is 1.48. The molecule has 18 heavy (non-hydrogen) atoms. The van der Waals surface area contributed by atoms with Gasteiger partial charge in [0, 0.05) is 16.8 Å². The molecule has 0 aliphatic carbocycles. The molecule has 0 fully saturated rings. The number of hydrogen-bond acceptors (Lipinski definition) is 4. The molecular formula is C12H16N4OS. The number of carbonyl (C=O) groups is 1. The van der Waals surface area contributed by atoms with Gasteiger partial charge in [0.1, 0.15) is 11.4 Å². The molecule has 2 aromatic rings. The van der Waals surface area contributed by atoms with Crippen LogP contribution in [0.3, 0.4) is 0 Å². The number of nitrogen functional groups attached to an aromatic ring is 1. The molecule has 6 heteroatoms. The number of thiophene rings is 1. The van der Waals surface area contributed by atoms with Crippen LogP contribution in [0.2, 0.25) is 0 Å². The zero-order valence-corrected chi connectivity index (χ0v) is 11.4. The molecule has 5 nitrogen and oxygen atoms in total. The van der Waals surface area contributed by atoms with E-state index in [1.165, 1.54) is 15.8 Å². The van der Waals surface area contributed by atoms with Crippen LogP contribution in [0.5, 0.6) is 0 Å². The number of aryl methyl sites for hydroxylation is 2. The van der Waals surface area contributed by atoms with Gasteiger partial charge in [0.2, 0.25) is 0 Å². The van der Waals surface area contributed by atoms with Crippen molar-refractivity contribution in [2.75, 3.05) is 5.73 Å². The Morgan fingerprint density at radius 2 is 2.28 bits per heavy atom. The van der Waals surface area contributed by atoms with E-state index in [1.807, 2.05) is 26.0 Å². The first-order chi connectivity index (χ1) is 8.49. The van der Waals surface area contributed by atoms with Gasteiger partial charge in [-0.15, -0.1) is 11.3 Å². The maximum Gasteiger partial charge on any atom is 0.257 e. The van der Waals surface area contributed by atoms with E-state index in [2.05, 4.69) is 10.4 Å². The number of nitrogens with two attached hydrogens (primary N) is 1. The summed E-state index contributed by atoms with van der Waals surface area (Å²) >= 11 is 1.68. The van der Waals surface area contributed by atoms with Crippen molar-refractivity contribution in [3.63, 3.8) is 0 Å². The van der Waals surface area contributed by atoms with E-state index < -0.39 is 0 Å². The molecule has 0 saturated carbocycles. The molecule has 0 aromatic carbocycles. The van der Waals surface area contributed by atoms with Crippen LogP contribution in [0.25, 0.3) is 0 Å². The molecule has 1 amide bonds. The van der Waals surface area contributed by atoms with Crippen LogP contribution in [-0.2, 0) is 7.05 Å². The summed E-state index contributed by atoms with van der Waals surface area (Å²) in [6.45, 7) is 4.00. The predicted octanol–water partition coefficient (Wildman–Crippen LogP) is 1.86. The number of nitrogens with one attached hydrogen (secondary N) is 1. The van der Waals surface area contributed by atoms with Gasteiger partial charge >= 0.3 is 0 Å². The van der Waals surface area contributed by atoms with E-state index in [4.69, 9.17) is 5.73 Å². The van der Waals surface area contributed by atoms with Crippen LogP contribution in [0.15, 0.2) is 18.3 Å². The Kier molecular flexibility index (Phi) is 3.38. The van der Waals surface area contributed by atoms with Gasteiger partial charge in [-0.25, -0.2) is 0 Å². The third-order valence-electron chi connectivity index (χ3n) is 2.76. The molecule has 0 saturated heterocycles. The zero-order valence-electron chi connectivity index (χ0n) is 10.6. The first-order valence-electron chi connectivity index (χ1n) is 5.63. The molecule has 0 radical (unpaired) electrons. The van der Waals surface area contributed by atoms with Crippen molar-refractivity contribution in [2.45, 2.75) is 19.9 Å². The lowest BCUT2D eigenvalue weighted by molar-refractivity contribution is 0.0941. The number of amides is 1. The highest BCUT2D eigenvalue weighted by Gasteiger charge is 2.17. The van der Waals surface area contributed by atoms with Crippen molar-refractivity contribution in [2.24, 2.45) is 7.05 Å². The third kappa shape index (κ3) is 2.38. The molecular weight excluding hydrogens is 248 g/mol. The van der Waals surface area contributed by atoms with Crippen LogP contribution < -0.4 is 11.1 Å². The summed E-state index contributed by atoms with van der Waals surface area (Å²) in [6, 6.07) is 4.04. The van der Waals surface area contributed by atoms with Crippen LogP contribution in [0.4, 0.5) is 5.82 Å². The Bertz CT molecular complexity index is 572. The lowest BCUT2D eigenvalue weighted by Gasteiger charge is -2.11. The van der Waals surface area contributed by atoms with E-state index >= 15 is 0 Å². The Hall–Kier alpha value is -1.82. The fourth-order valence-corrected chi connectivity index (χ4v) is 2.53. The minimum Gasteiger partial charge on any atom is -0.383 e. The van der Waals surface area contributed by atoms with E-state index in [1.54, 1.807) is 18.4 Å². The molecule has 0 aliphatic heterocycles. The number of rotatable bonds is 3. The zero-order chi connectivity index (χ0) is 13.3. The number of hydrogen-bond donors (Lipinski definition) is 2. The van der Waals surface area contributed by atoms with Crippen molar-refractivity contribution in [3.8, 4) is 0 Å². The van der Waals surface area contributed by atoms with Gasteiger partial charge in [-0.1, -0.05) is 0 Å². The second-order valence-electron chi connectivity index (χ2n) is 4.21. The summed E-state index contributed by atoms with van der Waals surface area (Å²) in [5, 5.41) is 6.87. The Morgan fingerprint density at radius 3 is 2.78 bits per heavy atom. The maximum absolute atomic E-state index is 12.0. The van der Waals surface area contributed by atoms with Gasteiger partial charge in [-0.05, 0) is 26.0 Å². The topological polar surface area (TPSA) is 72.9 Å². The van der Waals surface area contributed by atoms with Gasteiger partial charge in [0.15, 0.2) is 0 Å². The number of anilines is 1. The predicted molar refractivity (Wildman–Crippen MR) is 72.6 cm³/mol. The number of aromatic nitrogens is 2. The average molecular weight is 264 g/mol. The van der Waals surface area contributed by atoms with E-state index in [0.717, 1.165) is 4.88 Å². The highest BCUT2D eigenvalue weighted by Crippen LogP contribution is 2.23. The molecule has 0 spiro atoms. The molecule has 0 aliphatic rings. The van der Waals surface area contributed by atoms with Crippen molar-refractivity contribution in [1.82, 2.24) is 15.1 Å². The van der Waals surface area contributed by atoms with Crippen molar-refractivity contribution >= 4 is 23.1 Å². The summed E-state index contributed by atoms with van der Waals surface area (Å²) < 4.78 is 1.48. The third-order valence-corrected chi connectivity index (χ3v) is 3.95. The van der Waals surface area contributed by atoms with E-state index in [-0.39, 0.29) is 11.9 Å². The molecule has 1 atom stereocenters. The molecule has 96 valence electrons. The second-order valence-corrected chi connectivity index (χ2v) is 5.53. The highest BCUT2D eigenvalue weighted by molar-refractivity contribution is 7.12. The summed E-state index contributed by atoms with van der Waals surface area (Å²) in [7, 11) is 1.71. The normalized spacial score (nSPS) is 12.4. The van der Waals surface area contributed by atoms with Crippen molar-refractivity contribution in [3.05, 3.63) is 33.6 Å². The quantitative estimate of drug-likeness (QED) is 0.888. The molecule has 1 unspecified atom stereocenters. The van der Waals surface area contributed by atoms with Crippen LogP contribution in [-0.4, -0.2) is 15.7 Å². The molecule has 2 heterocycles. The highest BCUT2D eigenvalue weighted by atomic mass is 32.1. The smallest absolute Gasteiger partial charge is 0.257 e. The van der Waals surface area contributed by atoms with Gasteiger partial charge in [-0.2, -0.15) is 5.10 Å². The average Bonchev–Trinajstić information content (AvgIpc) is 2.87. The monoisotopic (exact) mass is 264 g/mol. The standard InChI is InChI=1S/C12H16N4OS/c1-7-4-5-10(18-7)8(2)15-12(17)9-6-14-16(3)11(9)13/h4-6,8H,13H2,1-3H3,(H,15,17). The number of nitrogens with zero attached hydrogens (tertiary/aromatic N) is 2. The molecule has 2 aromatic heterocycles. The molecule has 0 bridgehead atoms. The van der Waals surface area contributed by atoms with Crippen LogP contribution >= 0.6 is 11.3 Å².